The van der Waals surface area contributed by atoms with Gasteiger partial charge in [0.25, 0.3) is 0 Å². The normalized spacial score (nSPS) is 19.1. The Labute approximate surface area is 99.2 Å². The van der Waals surface area contributed by atoms with Crippen LogP contribution in [0.4, 0.5) is 0 Å². The van der Waals surface area contributed by atoms with Crippen molar-refractivity contribution in [3.05, 3.63) is 35.5 Å². The zero-order valence-electron chi connectivity index (χ0n) is 10.6. The maximum atomic E-state index is 8.95. The van der Waals surface area contributed by atoms with E-state index in [1.165, 1.54) is 11.1 Å². The van der Waals surface area contributed by atoms with E-state index in [1.807, 2.05) is 0 Å². The van der Waals surface area contributed by atoms with Gasteiger partial charge in [0.05, 0.1) is 6.07 Å². The van der Waals surface area contributed by atoms with Gasteiger partial charge in [-0.1, -0.05) is 50.6 Å². The van der Waals surface area contributed by atoms with Crippen molar-refractivity contribution >= 4 is 0 Å². The number of nitrogens with zero attached hydrogens (tertiary/aromatic N) is 1. The fourth-order valence-corrected chi connectivity index (χ4v) is 2.00. The summed E-state index contributed by atoms with van der Waals surface area (Å²) < 4.78 is 0. The van der Waals surface area contributed by atoms with E-state index in [4.69, 9.17) is 5.26 Å². The highest BCUT2D eigenvalue weighted by Crippen LogP contribution is 2.38. The van der Waals surface area contributed by atoms with Gasteiger partial charge in [-0.05, 0) is 24.8 Å². The van der Waals surface area contributed by atoms with Crippen LogP contribution in [0.1, 0.15) is 46.5 Å². The fourth-order valence-electron chi connectivity index (χ4n) is 2.00. The molecular weight excluding hydrogens is 194 g/mol. The second-order valence-corrected chi connectivity index (χ2v) is 4.65. The summed E-state index contributed by atoms with van der Waals surface area (Å²) in [5, 5.41) is 8.95. The minimum absolute atomic E-state index is 0.0394. The Morgan fingerprint density at radius 2 is 2.19 bits per heavy atom. The third-order valence-corrected chi connectivity index (χ3v) is 3.58. The van der Waals surface area contributed by atoms with E-state index in [2.05, 4.69) is 51.1 Å². The van der Waals surface area contributed by atoms with Gasteiger partial charge in [-0.15, -0.1) is 0 Å². The van der Waals surface area contributed by atoms with Gasteiger partial charge in [0.1, 0.15) is 0 Å². The first-order valence-electron chi connectivity index (χ1n) is 6.10. The van der Waals surface area contributed by atoms with Crippen LogP contribution < -0.4 is 0 Å². The molecular formula is C15H21N. The summed E-state index contributed by atoms with van der Waals surface area (Å²) in [4.78, 5) is 0. The maximum Gasteiger partial charge on any atom is 0.0630 e. The van der Waals surface area contributed by atoms with E-state index in [-0.39, 0.29) is 5.41 Å². The zero-order chi connectivity index (χ0) is 12.0. The van der Waals surface area contributed by atoms with Crippen molar-refractivity contribution in [2.75, 3.05) is 0 Å². The van der Waals surface area contributed by atoms with Crippen molar-refractivity contribution < 1.29 is 0 Å². The highest BCUT2D eigenvalue weighted by Gasteiger charge is 2.26. The van der Waals surface area contributed by atoms with Gasteiger partial charge in [0.2, 0.25) is 0 Å². The average molecular weight is 215 g/mol. The first kappa shape index (κ1) is 12.8. The van der Waals surface area contributed by atoms with Gasteiger partial charge in [-0.2, -0.15) is 5.26 Å². The summed E-state index contributed by atoms with van der Waals surface area (Å²) in [6.45, 7) is 6.54. The zero-order valence-corrected chi connectivity index (χ0v) is 10.6. The third kappa shape index (κ3) is 2.85. The molecule has 0 bridgehead atoms. The molecule has 1 unspecified atom stereocenters. The summed E-state index contributed by atoms with van der Waals surface area (Å²) in [6, 6.07) is 2.33. The molecule has 86 valence electrons. The molecule has 0 saturated carbocycles. The topological polar surface area (TPSA) is 23.8 Å². The second kappa shape index (κ2) is 5.70. The number of allylic oxidation sites excluding steroid dienone is 6. The Kier molecular flexibility index (Phi) is 4.55. The Morgan fingerprint density at radius 3 is 2.75 bits per heavy atom. The monoisotopic (exact) mass is 215 g/mol. The van der Waals surface area contributed by atoms with Gasteiger partial charge >= 0.3 is 0 Å². The first-order valence-corrected chi connectivity index (χ1v) is 6.10. The fraction of sp³-hybridized carbons (Fsp3) is 0.533. The molecule has 0 heterocycles. The molecule has 0 spiro atoms. The molecule has 1 aliphatic carbocycles. The van der Waals surface area contributed by atoms with Crippen LogP contribution in [0.2, 0.25) is 0 Å². The summed E-state index contributed by atoms with van der Waals surface area (Å²) >= 11 is 0. The Bertz CT molecular complexity index is 365. The van der Waals surface area contributed by atoms with Gasteiger partial charge in [-0.25, -0.2) is 0 Å². The lowest BCUT2D eigenvalue weighted by Crippen LogP contribution is -2.17. The number of hydrogen-bond acceptors (Lipinski definition) is 1. The number of nitriles is 1. The van der Waals surface area contributed by atoms with E-state index >= 15 is 0 Å². The smallest absolute Gasteiger partial charge is 0.0630 e. The molecule has 0 aliphatic heterocycles. The maximum absolute atomic E-state index is 8.95. The molecule has 1 heteroatoms. The van der Waals surface area contributed by atoms with E-state index in [0.717, 1.165) is 19.3 Å². The van der Waals surface area contributed by atoms with Crippen LogP contribution >= 0.6 is 0 Å². The molecule has 0 fully saturated rings. The molecule has 0 aromatic rings. The lowest BCUT2D eigenvalue weighted by atomic mass is 9.75. The molecule has 1 nitrogen and oxygen atoms in total. The van der Waals surface area contributed by atoms with Gasteiger partial charge in [-0.3, -0.25) is 0 Å². The molecule has 0 saturated heterocycles. The molecule has 0 radical (unpaired) electrons. The van der Waals surface area contributed by atoms with Crippen molar-refractivity contribution in [1.82, 2.24) is 0 Å². The standard InChI is InChI=1S/C15H21N/c1-4-13-8-6-7-9-14(12-13)15(3,5-2)10-11-16/h6-8,12H,4-5,9-10H2,1-3H3. The predicted octanol–water partition coefficient (Wildman–Crippen LogP) is 4.54. The van der Waals surface area contributed by atoms with Crippen LogP contribution in [0.15, 0.2) is 35.5 Å². The van der Waals surface area contributed by atoms with E-state index in [0.29, 0.717) is 6.42 Å². The lowest BCUT2D eigenvalue weighted by Gasteiger charge is -2.28. The van der Waals surface area contributed by atoms with Crippen LogP contribution in [-0.4, -0.2) is 0 Å². The summed E-state index contributed by atoms with van der Waals surface area (Å²) in [5.74, 6) is 0. The molecule has 16 heavy (non-hydrogen) atoms. The molecule has 0 aromatic carbocycles. The molecule has 1 rings (SSSR count). The summed E-state index contributed by atoms with van der Waals surface area (Å²) in [6.07, 6.45) is 12.5. The van der Waals surface area contributed by atoms with Crippen molar-refractivity contribution in [3.8, 4) is 6.07 Å². The second-order valence-electron chi connectivity index (χ2n) is 4.65. The van der Waals surface area contributed by atoms with Crippen LogP contribution in [0.25, 0.3) is 0 Å². The summed E-state index contributed by atoms with van der Waals surface area (Å²) in [7, 11) is 0. The van der Waals surface area contributed by atoms with Gasteiger partial charge in [0.15, 0.2) is 0 Å². The Hall–Kier alpha value is -1.29. The molecule has 1 aliphatic rings. The van der Waals surface area contributed by atoms with E-state index < -0.39 is 0 Å². The molecule has 1 atom stereocenters. The van der Waals surface area contributed by atoms with Gasteiger partial charge in [0, 0.05) is 11.8 Å². The van der Waals surface area contributed by atoms with Crippen molar-refractivity contribution in [2.45, 2.75) is 46.5 Å². The SMILES string of the molecule is CCC1=CC=CCC(C(C)(CC)CC#N)=C1. The van der Waals surface area contributed by atoms with Crippen LogP contribution in [0, 0.1) is 16.7 Å². The van der Waals surface area contributed by atoms with Crippen LogP contribution in [-0.2, 0) is 0 Å². The Morgan fingerprint density at radius 1 is 1.44 bits per heavy atom. The highest BCUT2D eigenvalue weighted by atomic mass is 14.3. The minimum Gasteiger partial charge on any atom is -0.198 e. The van der Waals surface area contributed by atoms with Crippen LogP contribution in [0.5, 0.6) is 0 Å². The molecule has 0 N–H and O–H groups in total. The average Bonchev–Trinajstić information content (AvgIpc) is 2.54. The van der Waals surface area contributed by atoms with Gasteiger partial charge < -0.3 is 0 Å². The number of rotatable bonds is 4. The highest BCUT2D eigenvalue weighted by molar-refractivity contribution is 5.34. The summed E-state index contributed by atoms with van der Waals surface area (Å²) in [5.41, 5.74) is 2.80. The van der Waals surface area contributed by atoms with Crippen molar-refractivity contribution in [1.29, 1.82) is 5.26 Å². The van der Waals surface area contributed by atoms with Crippen molar-refractivity contribution in [3.63, 3.8) is 0 Å². The van der Waals surface area contributed by atoms with E-state index in [9.17, 15) is 0 Å². The first-order chi connectivity index (χ1) is 7.66. The van der Waals surface area contributed by atoms with Crippen LogP contribution in [0.3, 0.4) is 0 Å². The van der Waals surface area contributed by atoms with E-state index in [1.54, 1.807) is 0 Å². The van der Waals surface area contributed by atoms with Crippen molar-refractivity contribution in [2.24, 2.45) is 5.41 Å². The lowest BCUT2D eigenvalue weighted by molar-refractivity contribution is 0.385. The predicted molar refractivity (Wildman–Crippen MR) is 68.8 cm³/mol. The number of hydrogen-bond donors (Lipinski definition) is 0. The Balaban J connectivity index is 3.02. The largest absolute Gasteiger partial charge is 0.198 e. The molecule has 0 amide bonds. The minimum atomic E-state index is 0.0394. The quantitative estimate of drug-likeness (QED) is 0.675. The third-order valence-electron chi connectivity index (χ3n) is 3.58. The molecule has 0 aromatic heterocycles.